The molecule has 1 fully saturated rings. The van der Waals surface area contributed by atoms with E-state index in [4.69, 9.17) is 4.74 Å². The van der Waals surface area contributed by atoms with E-state index in [2.05, 4.69) is 15.6 Å². The second kappa shape index (κ2) is 8.86. The molecule has 2 aliphatic heterocycles. The lowest BCUT2D eigenvalue weighted by Crippen LogP contribution is -2.52. The van der Waals surface area contributed by atoms with Gasteiger partial charge < -0.3 is 15.0 Å². The summed E-state index contributed by atoms with van der Waals surface area (Å²) >= 11 is 1.62. The predicted molar refractivity (Wildman–Crippen MR) is 139 cm³/mol. The lowest BCUT2D eigenvalue weighted by Gasteiger charge is -2.31. The van der Waals surface area contributed by atoms with E-state index in [0.29, 0.717) is 23.4 Å². The fourth-order valence-electron chi connectivity index (χ4n) is 4.84. The van der Waals surface area contributed by atoms with Gasteiger partial charge in [-0.1, -0.05) is 36.4 Å². The molecular weight excluding hydrogens is 488 g/mol. The highest BCUT2D eigenvalue weighted by molar-refractivity contribution is 7.18. The first-order valence-electron chi connectivity index (χ1n) is 11.7. The molecule has 4 aromatic rings. The van der Waals surface area contributed by atoms with Gasteiger partial charge >= 0.3 is 6.03 Å². The van der Waals surface area contributed by atoms with Crippen LogP contribution in [0.5, 0.6) is 5.75 Å². The Kier molecular flexibility index (Phi) is 5.49. The zero-order chi connectivity index (χ0) is 25.6. The molecule has 6 rings (SSSR count). The number of hydrogen-bond acceptors (Lipinski definition) is 6. The Morgan fingerprint density at radius 3 is 2.51 bits per heavy atom. The van der Waals surface area contributed by atoms with Gasteiger partial charge in [-0.2, -0.15) is 0 Å². The van der Waals surface area contributed by atoms with Crippen LogP contribution in [0.15, 0.2) is 79.0 Å². The van der Waals surface area contributed by atoms with Crippen LogP contribution in [0.4, 0.5) is 4.79 Å². The summed E-state index contributed by atoms with van der Waals surface area (Å²) in [5.41, 5.74) is 2.48. The summed E-state index contributed by atoms with van der Waals surface area (Å²) in [5, 5.41) is 5.14. The van der Waals surface area contributed by atoms with Crippen molar-refractivity contribution in [2.75, 3.05) is 13.7 Å². The lowest BCUT2D eigenvalue weighted by molar-refractivity contribution is -0.124. The minimum Gasteiger partial charge on any atom is -0.497 e. The molecule has 2 N–H and O–H groups in total. The molecule has 4 amide bonds. The Labute approximate surface area is 216 Å². The molecule has 0 bridgehead atoms. The molecule has 0 radical (unpaired) electrons. The largest absolute Gasteiger partial charge is 0.497 e. The minimum atomic E-state index is -1.40. The number of imide groups is 1. The van der Waals surface area contributed by atoms with Crippen molar-refractivity contribution in [1.82, 2.24) is 20.5 Å². The molecule has 0 unspecified atom stereocenters. The standard InChI is InChI=1S/C28H22N4O4S/c1-36-20-10-7-18-15-32(25(33)21(18)14-20)16-28(26(34)30-27(35)31-28)19-8-5-17(6-9-19)23-11-12-24(37-23)22-4-2-3-13-29-22/h2-14H,15-16H2,1H3,(H2,30,31,34,35)/t28-/m0/s1. The van der Waals surface area contributed by atoms with Gasteiger partial charge in [0.05, 0.1) is 24.2 Å². The number of pyridine rings is 1. The van der Waals surface area contributed by atoms with Crippen molar-refractivity contribution in [3.63, 3.8) is 0 Å². The minimum absolute atomic E-state index is 0.00256. The fourth-order valence-corrected chi connectivity index (χ4v) is 5.83. The number of rotatable bonds is 6. The van der Waals surface area contributed by atoms with E-state index < -0.39 is 17.5 Å². The normalized spacial score (nSPS) is 18.5. The molecule has 184 valence electrons. The van der Waals surface area contributed by atoms with E-state index in [9.17, 15) is 14.4 Å². The van der Waals surface area contributed by atoms with Crippen LogP contribution < -0.4 is 15.4 Å². The number of carbonyl (C=O) groups is 3. The third-order valence-corrected chi connectivity index (χ3v) is 7.91. The van der Waals surface area contributed by atoms with E-state index in [1.165, 1.54) is 0 Å². The molecule has 9 heteroatoms. The molecule has 4 heterocycles. The van der Waals surface area contributed by atoms with Gasteiger partial charge in [-0.05, 0) is 53.1 Å². The molecule has 2 aromatic heterocycles. The average molecular weight is 511 g/mol. The second-order valence-corrected chi connectivity index (χ2v) is 10.0. The number of urea groups is 1. The number of hydrogen-bond donors (Lipinski definition) is 2. The van der Waals surface area contributed by atoms with Gasteiger partial charge in [0.25, 0.3) is 11.8 Å². The number of aromatic nitrogens is 1. The van der Waals surface area contributed by atoms with Crippen molar-refractivity contribution in [2.45, 2.75) is 12.1 Å². The molecule has 2 aromatic carbocycles. The van der Waals surface area contributed by atoms with Crippen molar-refractivity contribution >= 4 is 29.2 Å². The number of nitrogens with one attached hydrogen (secondary N) is 2. The Hall–Kier alpha value is -4.50. The summed E-state index contributed by atoms with van der Waals surface area (Å²) < 4.78 is 5.26. The van der Waals surface area contributed by atoms with Gasteiger partial charge in [0.2, 0.25) is 0 Å². The summed E-state index contributed by atoms with van der Waals surface area (Å²) in [7, 11) is 1.55. The van der Waals surface area contributed by atoms with Gasteiger partial charge in [-0.25, -0.2) is 4.79 Å². The molecule has 0 spiro atoms. The zero-order valence-electron chi connectivity index (χ0n) is 19.9. The number of carbonyl (C=O) groups excluding carboxylic acids is 3. The van der Waals surface area contributed by atoms with Gasteiger partial charge in [-0.15, -0.1) is 11.3 Å². The molecule has 2 aliphatic rings. The lowest BCUT2D eigenvalue weighted by atomic mass is 9.88. The van der Waals surface area contributed by atoms with Crippen LogP contribution in [0, 0.1) is 0 Å². The van der Waals surface area contributed by atoms with E-state index in [1.807, 2.05) is 60.7 Å². The molecule has 8 nitrogen and oxygen atoms in total. The van der Waals surface area contributed by atoms with Gasteiger partial charge in [-0.3, -0.25) is 19.9 Å². The molecular formula is C28H22N4O4S. The van der Waals surface area contributed by atoms with Gasteiger partial charge in [0.15, 0.2) is 5.54 Å². The Bertz CT molecular complexity index is 1530. The van der Waals surface area contributed by atoms with Crippen molar-refractivity contribution in [2.24, 2.45) is 0 Å². The Morgan fingerprint density at radius 2 is 1.81 bits per heavy atom. The van der Waals surface area contributed by atoms with Gasteiger partial charge in [0, 0.05) is 23.2 Å². The van der Waals surface area contributed by atoms with Crippen molar-refractivity contribution < 1.29 is 19.1 Å². The predicted octanol–water partition coefficient (Wildman–Crippen LogP) is 4.18. The highest BCUT2D eigenvalue weighted by atomic mass is 32.1. The van der Waals surface area contributed by atoms with E-state index in [-0.39, 0.29) is 12.5 Å². The van der Waals surface area contributed by atoms with Crippen molar-refractivity contribution in [3.8, 4) is 26.8 Å². The first-order valence-corrected chi connectivity index (χ1v) is 12.5. The number of amides is 4. The Morgan fingerprint density at radius 1 is 1.00 bits per heavy atom. The number of benzene rings is 2. The average Bonchev–Trinajstić information content (AvgIpc) is 3.61. The van der Waals surface area contributed by atoms with Crippen molar-refractivity contribution in [1.29, 1.82) is 0 Å². The first kappa shape index (κ1) is 22.9. The van der Waals surface area contributed by atoms with Crippen LogP contribution in [0.1, 0.15) is 21.5 Å². The molecule has 1 atom stereocenters. The van der Waals surface area contributed by atoms with Crippen LogP contribution in [-0.2, 0) is 16.9 Å². The zero-order valence-corrected chi connectivity index (χ0v) is 20.7. The molecule has 37 heavy (non-hydrogen) atoms. The number of nitrogens with zero attached hydrogens (tertiary/aromatic N) is 2. The highest BCUT2D eigenvalue weighted by Crippen LogP contribution is 2.36. The highest BCUT2D eigenvalue weighted by Gasteiger charge is 2.50. The maximum absolute atomic E-state index is 13.2. The van der Waals surface area contributed by atoms with Crippen LogP contribution in [0.25, 0.3) is 21.0 Å². The molecule has 0 saturated carbocycles. The maximum atomic E-state index is 13.2. The monoisotopic (exact) mass is 510 g/mol. The third-order valence-electron chi connectivity index (χ3n) is 6.75. The van der Waals surface area contributed by atoms with Crippen LogP contribution in [0.2, 0.25) is 0 Å². The summed E-state index contributed by atoms with van der Waals surface area (Å²) in [6, 6.07) is 22.2. The van der Waals surface area contributed by atoms with Crippen LogP contribution in [-0.4, -0.2) is 41.4 Å². The third kappa shape index (κ3) is 3.93. The SMILES string of the molecule is COc1ccc2c(c1)C(=O)N(C[C@@]1(c3ccc(-c4ccc(-c5ccccn5)s4)cc3)NC(=O)NC1=O)C2. The number of fused-ring (bicyclic) bond motifs is 1. The van der Waals surface area contributed by atoms with E-state index in [0.717, 1.165) is 26.6 Å². The van der Waals surface area contributed by atoms with Gasteiger partial charge in [0.1, 0.15) is 5.75 Å². The van der Waals surface area contributed by atoms with E-state index >= 15 is 0 Å². The Balaban J connectivity index is 1.29. The summed E-state index contributed by atoms with van der Waals surface area (Å²) in [5.74, 6) is -0.106. The van der Waals surface area contributed by atoms with Crippen LogP contribution in [0.3, 0.4) is 0 Å². The molecule has 0 aliphatic carbocycles. The summed E-state index contributed by atoms with van der Waals surface area (Å²) in [4.78, 5) is 46.7. The second-order valence-electron chi connectivity index (χ2n) is 8.95. The quantitative estimate of drug-likeness (QED) is 0.379. The summed E-state index contributed by atoms with van der Waals surface area (Å²) in [6.07, 6.45) is 1.77. The molecule has 1 saturated heterocycles. The van der Waals surface area contributed by atoms with Crippen molar-refractivity contribution in [3.05, 3.63) is 95.7 Å². The van der Waals surface area contributed by atoms with Crippen LogP contribution >= 0.6 is 11.3 Å². The maximum Gasteiger partial charge on any atom is 0.322 e. The number of methoxy groups -OCH3 is 1. The van der Waals surface area contributed by atoms with E-state index in [1.54, 1.807) is 41.7 Å². The number of ether oxygens (including phenoxy) is 1. The first-order chi connectivity index (χ1) is 18.0. The summed E-state index contributed by atoms with van der Waals surface area (Å²) in [6.45, 7) is 0.342. The smallest absolute Gasteiger partial charge is 0.322 e. The topological polar surface area (TPSA) is 101 Å². The fraction of sp³-hybridized carbons (Fsp3) is 0.143. The number of thiophene rings is 1.